The highest BCUT2D eigenvalue weighted by molar-refractivity contribution is 4.86. The van der Waals surface area contributed by atoms with Crippen LogP contribution >= 0.6 is 0 Å². The fourth-order valence-electron chi connectivity index (χ4n) is 3.66. The van der Waals surface area contributed by atoms with Gasteiger partial charge in [0.05, 0.1) is 6.10 Å². The zero-order valence-corrected chi connectivity index (χ0v) is 11.0. The Morgan fingerprint density at radius 3 is 2.44 bits per heavy atom. The average molecular weight is 225 g/mol. The summed E-state index contributed by atoms with van der Waals surface area (Å²) in [4.78, 5) is 2.56. The van der Waals surface area contributed by atoms with Crippen LogP contribution in [0.5, 0.6) is 0 Å². The number of aliphatic hydroxyl groups is 1. The zero-order valence-electron chi connectivity index (χ0n) is 11.0. The molecule has 0 amide bonds. The van der Waals surface area contributed by atoms with E-state index in [1.807, 2.05) is 0 Å². The normalized spacial score (nSPS) is 46.1. The van der Waals surface area contributed by atoms with E-state index >= 15 is 0 Å². The Bertz CT molecular complexity index is 219. The molecule has 2 nitrogen and oxygen atoms in total. The van der Waals surface area contributed by atoms with Crippen molar-refractivity contribution in [2.45, 2.75) is 46.1 Å². The van der Waals surface area contributed by atoms with Gasteiger partial charge in [0, 0.05) is 19.0 Å². The Labute approximate surface area is 100 Å². The Morgan fingerprint density at radius 2 is 1.88 bits per heavy atom. The molecule has 0 aromatic carbocycles. The van der Waals surface area contributed by atoms with Crippen molar-refractivity contribution < 1.29 is 5.11 Å². The van der Waals surface area contributed by atoms with Crippen LogP contribution in [0.15, 0.2) is 0 Å². The van der Waals surface area contributed by atoms with Crippen molar-refractivity contribution in [1.82, 2.24) is 4.90 Å². The first-order valence-electron chi connectivity index (χ1n) is 6.96. The van der Waals surface area contributed by atoms with Gasteiger partial charge < -0.3 is 10.0 Å². The zero-order chi connectivity index (χ0) is 11.7. The van der Waals surface area contributed by atoms with E-state index in [-0.39, 0.29) is 6.10 Å². The minimum Gasteiger partial charge on any atom is -0.393 e. The Hall–Kier alpha value is -0.0800. The van der Waals surface area contributed by atoms with Gasteiger partial charge in [-0.1, -0.05) is 20.8 Å². The molecule has 0 bridgehead atoms. The molecule has 0 aromatic heterocycles. The van der Waals surface area contributed by atoms with Crippen molar-refractivity contribution in [3.05, 3.63) is 0 Å². The van der Waals surface area contributed by atoms with Crippen molar-refractivity contribution in [3.8, 4) is 0 Å². The summed E-state index contributed by atoms with van der Waals surface area (Å²) in [6.07, 6.45) is 3.59. The van der Waals surface area contributed by atoms with E-state index in [0.717, 1.165) is 18.9 Å². The molecule has 94 valence electrons. The molecular weight excluding hydrogens is 198 g/mol. The molecule has 1 aliphatic heterocycles. The van der Waals surface area contributed by atoms with Crippen LogP contribution in [0.2, 0.25) is 0 Å². The van der Waals surface area contributed by atoms with Gasteiger partial charge in [-0.3, -0.25) is 0 Å². The average Bonchev–Trinajstić information content (AvgIpc) is 2.58. The van der Waals surface area contributed by atoms with Gasteiger partial charge in [-0.25, -0.2) is 0 Å². The second-order valence-corrected chi connectivity index (χ2v) is 6.44. The van der Waals surface area contributed by atoms with Gasteiger partial charge in [-0.2, -0.15) is 0 Å². The summed E-state index contributed by atoms with van der Waals surface area (Å²) in [7, 11) is 0. The molecule has 1 aliphatic carbocycles. The first-order chi connectivity index (χ1) is 7.56. The van der Waals surface area contributed by atoms with Crippen LogP contribution in [0, 0.1) is 23.7 Å². The van der Waals surface area contributed by atoms with E-state index in [1.165, 1.54) is 25.9 Å². The number of aliphatic hydroxyl groups excluding tert-OH is 1. The van der Waals surface area contributed by atoms with Crippen LogP contribution in [-0.4, -0.2) is 35.7 Å². The van der Waals surface area contributed by atoms with Crippen molar-refractivity contribution >= 4 is 0 Å². The second kappa shape index (κ2) is 5.05. The molecule has 2 aliphatic rings. The van der Waals surface area contributed by atoms with Crippen molar-refractivity contribution in [2.75, 3.05) is 19.6 Å². The van der Waals surface area contributed by atoms with E-state index in [1.54, 1.807) is 0 Å². The topological polar surface area (TPSA) is 23.5 Å². The molecule has 1 saturated carbocycles. The fraction of sp³-hybridized carbons (Fsp3) is 1.00. The summed E-state index contributed by atoms with van der Waals surface area (Å²) in [5, 5.41) is 10.2. The van der Waals surface area contributed by atoms with Crippen LogP contribution in [0.3, 0.4) is 0 Å². The molecule has 2 heteroatoms. The molecule has 1 saturated heterocycles. The van der Waals surface area contributed by atoms with Gasteiger partial charge in [0.15, 0.2) is 0 Å². The lowest BCUT2D eigenvalue weighted by Crippen LogP contribution is -2.42. The number of hydrogen-bond donors (Lipinski definition) is 1. The highest BCUT2D eigenvalue weighted by atomic mass is 16.3. The first-order valence-corrected chi connectivity index (χ1v) is 6.96. The van der Waals surface area contributed by atoms with Crippen LogP contribution in [0.25, 0.3) is 0 Å². The summed E-state index contributed by atoms with van der Waals surface area (Å²) >= 11 is 0. The quantitative estimate of drug-likeness (QED) is 0.780. The summed E-state index contributed by atoms with van der Waals surface area (Å²) < 4.78 is 0. The van der Waals surface area contributed by atoms with Crippen LogP contribution in [0.4, 0.5) is 0 Å². The van der Waals surface area contributed by atoms with Crippen molar-refractivity contribution in [3.63, 3.8) is 0 Å². The molecular formula is C14H27NO. The third-order valence-electron chi connectivity index (χ3n) is 4.62. The maximum Gasteiger partial charge on any atom is 0.0585 e. The fourth-order valence-corrected chi connectivity index (χ4v) is 3.66. The standard InChI is InChI=1S/C14H27NO/c1-10-4-5-15(8-10)9-13-12(3)6-11(2)7-14(13)16/h10-14,16H,4-9H2,1-3H3. The van der Waals surface area contributed by atoms with E-state index in [0.29, 0.717) is 17.8 Å². The van der Waals surface area contributed by atoms with Gasteiger partial charge in [-0.15, -0.1) is 0 Å². The Kier molecular flexibility index (Phi) is 3.91. The lowest BCUT2D eigenvalue weighted by atomic mass is 9.73. The number of hydrogen-bond acceptors (Lipinski definition) is 2. The van der Waals surface area contributed by atoms with Gasteiger partial charge in [0.2, 0.25) is 0 Å². The minimum atomic E-state index is -0.0605. The van der Waals surface area contributed by atoms with E-state index in [4.69, 9.17) is 0 Å². The summed E-state index contributed by atoms with van der Waals surface area (Å²) in [5.74, 6) is 2.77. The highest BCUT2D eigenvalue weighted by Crippen LogP contribution is 2.35. The predicted molar refractivity (Wildman–Crippen MR) is 67.3 cm³/mol. The van der Waals surface area contributed by atoms with Gasteiger partial charge in [-0.05, 0) is 43.6 Å². The summed E-state index contributed by atoms with van der Waals surface area (Å²) in [6, 6.07) is 0. The second-order valence-electron chi connectivity index (χ2n) is 6.44. The number of likely N-dealkylation sites (tertiary alicyclic amines) is 1. The van der Waals surface area contributed by atoms with Crippen LogP contribution < -0.4 is 0 Å². The smallest absolute Gasteiger partial charge is 0.0585 e. The van der Waals surface area contributed by atoms with Crippen molar-refractivity contribution in [1.29, 1.82) is 0 Å². The monoisotopic (exact) mass is 225 g/mol. The minimum absolute atomic E-state index is 0.0605. The Morgan fingerprint density at radius 1 is 1.12 bits per heavy atom. The van der Waals surface area contributed by atoms with Gasteiger partial charge >= 0.3 is 0 Å². The predicted octanol–water partition coefficient (Wildman–Crippen LogP) is 2.37. The lowest BCUT2D eigenvalue weighted by Gasteiger charge is -2.39. The lowest BCUT2D eigenvalue weighted by molar-refractivity contribution is 0.000907. The number of nitrogens with zero attached hydrogens (tertiary/aromatic N) is 1. The molecule has 5 atom stereocenters. The molecule has 0 radical (unpaired) electrons. The molecule has 1 heterocycles. The summed E-state index contributed by atoms with van der Waals surface area (Å²) in [6.45, 7) is 10.5. The van der Waals surface area contributed by atoms with E-state index in [2.05, 4.69) is 25.7 Å². The van der Waals surface area contributed by atoms with E-state index < -0.39 is 0 Å². The molecule has 2 fully saturated rings. The van der Waals surface area contributed by atoms with Crippen LogP contribution in [-0.2, 0) is 0 Å². The molecule has 2 rings (SSSR count). The van der Waals surface area contributed by atoms with Crippen LogP contribution in [0.1, 0.15) is 40.0 Å². The van der Waals surface area contributed by atoms with E-state index in [9.17, 15) is 5.11 Å². The Balaban J connectivity index is 1.88. The highest BCUT2D eigenvalue weighted by Gasteiger charge is 2.34. The molecule has 1 N–H and O–H groups in total. The van der Waals surface area contributed by atoms with Gasteiger partial charge in [0.1, 0.15) is 0 Å². The third kappa shape index (κ3) is 2.78. The molecule has 16 heavy (non-hydrogen) atoms. The van der Waals surface area contributed by atoms with Gasteiger partial charge in [0.25, 0.3) is 0 Å². The molecule has 5 unspecified atom stereocenters. The maximum atomic E-state index is 10.2. The molecule has 0 spiro atoms. The van der Waals surface area contributed by atoms with Crippen molar-refractivity contribution in [2.24, 2.45) is 23.7 Å². The first kappa shape index (κ1) is 12.4. The SMILES string of the molecule is CC1CC(C)C(CN2CCC(C)C2)C(O)C1. The summed E-state index contributed by atoms with van der Waals surface area (Å²) in [5.41, 5.74) is 0. The number of rotatable bonds is 2. The maximum absolute atomic E-state index is 10.2. The third-order valence-corrected chi connectivity index (χ3v) is 4.62. The molecule has 0 aromatic rings. The largest absolute Gasteiger partial charge is 0.393 e.